The van der Waals surface area contributed by atoms with E-state index in [0.29, 0.717) is 49.6 Å². The van der Waals surface area contributed by atoms with Crippen molar-refractivity contribution >= 4 is 11.8 Å². The third kappa shape index (κ3) is 4.12. The highest BCUT2D eigenvalue weighted by Crippen LogP contribution is 2.29. The van der Waals surface area contributed by atoms with Gasteiger partial charge in [0.2, 0.25) is 11.8 Å². The van der Waals surface area contributed by atoms with Gasteiger partial charge in [-0.1, -0.05) is 6.07 Å². The monoisotopic (exact) mass is 400 g/mol. The maximum absolute atomic E-state index is 5.97. The van der Waals surface area contributed by atoms with Crippen LogP contribution in [0.25, 0.3) is 0 Å². The van der Waals surface area contributed by atoms with E-state index in [1.807, 2.05) is 72.8 Å². The van der Waals surface area contributed by atoms with Gasteiger partial charge in [-0.2, -0.15) is 0 Å². The van der Waals surface area contributed by atoms with Crippen LogP contribution in [0.2, 0.25) is 0 Å². The molecule has 2 heterocycles. The van der Waals surface area contributed by atoms with E-state index in [0.717, 1.165) is 22.6 Å². The fourth-order valence-corrected chi connectivity index (χ4v) is 3.22. The smallest absolute Gasteiger partial charge is 0.216 e. The number of rotatable bonds is 6. The first-order valence-corrected chi connectivity index (χ1v) is 9.85. The molecule has 30 heavy (non-hydrogen) atoms. The van der Waals surface area contributed by atoms with E-state index in [4.69, 9.17) is 18.9 Å². The van der Waals surface area contributed by atoms with Crippen LogP contribution < -0.4 is 9.47 Å². The van der Waals surface area contributed by atoms with Gasteiger partial charge in [0, 0.05) is 17.2 Å². The van der Waals surface area contributed by atoms with Crippen molar-refractivity contribution in [1.82, 2.24) is 0 Å². The van der Waals surface area contributed by atoms with Crippen LogP contribution in [-0.2, 0) is 9.47 Å². The first-order chi connectivity index (χ1) is 14.8. The summed E-state index contributed by atoms with van der Waals surface area (Å²) < 4.78 is 22.9. The van der Waals surface area contributed by atoms with Gasteiger partial charge in [0.1, 0.15) is 36.2 Å². The fourth-order valence-electron chi connectivity index (χ4n) is 3.22. The molecular weight excluding hydrogens is 380 g/mol. The lowest BCUT2D eigenvalue weighted by Crippen LogP contribution is -2.00. The minimum absolute atomic E-state index is 0.644. The topological polar surface area (TPSA) is 61.6 Å². The molecule has 2 aliphatic rings. The fraction of sp³-hybridized carbons (Fsp3) is 0.167. The predicted octanol–water partition coefficient (Wildman–Crippen LogP) is 4.82. The van der Waals surface area contributed by atoms with Gasteiger partial charge in [0.05, 0.1) is 13.1 Å². The Hall–Kier alpha value is -3.80. The Morgan fingerprint density at radius 3 is 1.43 bits per heavy atom. The van der Waals surface area contributed by atoms with Gasteiger partial charge in [-0.05, 0) is 60.7 Å². The lowest BCUT2D eigenvalue weighted by Gasteiger charge is -2.10. The molecule has 0 spiro atoms. The van der Waals surface area contributed by atoms with E-state index in [2.05, 4.69) is 9.98 Å². The minimum atomic E-state index is 0.644. The first-order valence-electron chi connectivity index (χ1n) is 9.85. The summed E-state index contributed by atoms with van der Waals surface area (Å²) in [5.74, 6) is 4.23. The van der Waals surface area contributed by atoms with Crippen molar-refractivity contribution in [3.8, 4) is 23.0 Å². The zero-order valence-corrected chi connectivity index (χ0v) is 16.3. The van der Waals surface area contributed by atoms with Crippen LogP contribution in [-0.4, -0.2) is 38.1 Å². The lowest BCUT2D eigenvalue weighted by atomic mass is 10.2. The Balaban J connectivity index is 1.25. The molecule has 0 fully saturated rings. The highest BCUT2D eigenvalue weighted by Gasteiger charge is 2.11. The average Bonchev–Trinajstić information content (AvgIpc) is 3.50. The van der Waals surface area contributed by atoms with Crippen LogP contribution in [0.1, 0.15) is 11.1 Å². The summed E-state index contributed by atoms with van der Waals surface area (Å²) in [6.45, 7) is 2.72. The summed E-state index contributed by atoms with van der Waals surface area (Å²) in [6.07, 6.45) is 0. The molecule has 0 unspecified atom stereocenters. The molecule has 6 heteroatoms. The van der Waals surface area contributed by atoms with Crippen molar-refractivity contribution in [2.75, 3.05) is 26.3 Å². The van der Waals surface area contributed by atoms with E-state index < -0.39 is 0 Å². The van der Waals surface area contributed by atoms with E-state index in [1.54, 1.807) is 0 Å². The Kier molecular flexibility index (Phi) is 5.04. The quantitative estimate of drug-likeness (QED) is 0.595. The summed E-state index contributed by atoms with van der Waals surface area (Å²) in [5, 5.41) is 0. The van der Waals surface area contributed by atoms with Crippen LogP contribution >= 0.6 is 0 Å². The van der Waals surface area contributed by atoms with E-state index in [1.165, 1.54) is 0 Å². The number of aliphatic imine (C=N–C) groups is 2. The Bertz CT molecular complexity index is 1000. The van der Waals surface area contributed by atoms with Gasteiger partial charge in [-0.3, -0.25) is 0 Å². The van der Waals surface area contributed by atoms with E-state index in [-0.39, 0.29) is 0 Å². The highest BCUT2D eigenvalue weighted by molar-refractivity contribution is 5.95. The van der Waals surface area contributed by atoms with E-state index >= 15 is 0 Å². The molecule has 6 nitrogen and oxygen atoms in total. The maximum atomic E-state index is 5.97. The van der Waals surface area contributed by atoms with Crippen LogP contribution in [0.4, 0.5) is 0 Å². The van der Waals surface area contributed by atoms with Crippen LogP contribution in [0.3, 0.4) is 0 Å². The van der Waals surface area contributed by atoms with Crippen LogP contribution in [0.15, 0.2) is 82.8 Å². The molecule has 0 amide bonds. The Morgan fingerprint density at radius 1 is 0.567 bits per heavy atom. The Morgan fingerprint density at radius 2 is 1.03 bits per heavy atom. The summed E-state index contributed by atoms with van der Waals surface area (Å²) in [5.41, 5.74) is 1.91. The standard InChI is InChI=1S/C24H20N2O4/c1-2-21(29-19-8-4-17(5-9-19)23-25-12-14-27-23)16-22(3-1)30-20-10-6-18(7-11-20)24-26-13-15-28-24/h1-11,16H,12-15H2. The van der Waals surface area contributed by atoms with Crippen molar-refractivity contribution in [2.24, 2.45) is 9.98 Å². The maximum Gasteiger partial charge on any atom is 0.216 e. The molecular formula is C24H20N2O4. The highest BCUT2D eigenvalue weighted by atomic mass is 16.5. The molecule has 0 N–H and O–H groups in total. The SMILES string of the molecule is c1cc(Oc2ccc(C3=NCCO3)cc2)cc(Oc2ccc(C3=NCCO3)cc2)c1. The average molecular weight is 400 g/mol. The molecule has 0 bridgehead atoms. The van der Waals surface area contributed by atoms with E-state index in [9.17, 15) is 0 Å². The van der Waals surface area contributed by atoms with Crippen molar-refractivity contribution in [1.29, 1.82) is 0 Å². The second kappa shape index (κ2) is 8.29. The molecule has 0 radical (unpaired) electrons. The summed E-state index contributed by atoms with van der Waals surface area (Å²) in [6, 6.07) is 22.9. The minimum Gasteiger partial charge on any atom is -0.476 e. The predicted molar refractivity (Wildman–Crippen MR) is 114 cm³/mol. The Labute approximate surface area is 174 Å². The van der Waals surface area contributed by atoms with Gasteiger partial charge >= 0.3 is 0 Å². The molecule has 150 valence electrons. The summed E-state index contributed by atoms with van der Waals surface area (Å²) in [4.78, 5) is 8.64. The zero-order chi connectivity index (χ0) is 20.2. The third-order valence-electron chi connectivity index (χ3n) is 4.65. The number of benzene rings is 3. The molecule has 0 saturated heterocycles. The molecule has 0 atom stereocenters. The van der Waals surface area contributed by atoms with Gasteiger partial charge in [-0.15, -0.1) is 0 Å². The third-order valence-corrected chi connectivity index (χ3v) is 4.65. The van der Waals surface area contributed by atoms with Gasteiger partial charge in [0.15, 0.2) is 0 Å². The number of hydrogen-bond donors (Lipinski definition) is 0. The van der Waals surface area contributed by atoms with Crippen molar-refractivity contribution in [3.63, 3.8) is 0 Å². The second-order valence-electron chi connectivity index (χ2n) is 6.80. The van der Waals surface area contributed by atoms with Gasteiger partial charge in [-0.25, -0.2) is 9.98 Å². The van der Waals surface area contributed by atoms with Crippen molar-refractivity contribution in [3.05, 3.63) is 83.9 Å². The first kappa shape index (κ1) is 18.2. The van der Waals surface area contributed by atoms with Gasteiger partial charge < -0.3 is 18.9 Å². The molecule has 0 saturated carbocycles. The molecule has 0 aliphatic carbocycles. The number of hydrogen-bond acceptors (Lipinski definition) is 6. The molecule has 0 aromatic heterocycles. The molecule has 5 rings (SSSR count). The summed E-state index contributed by atoms with van der Waals surface area (Å²) in [7, 11) is 0. The molecule has 3 aromatic rings. The van der Waals surface area contributed by atoms with Crippen LogP contribution in [0.5, 0.6) is 23.0 Å². The van der Waals surface area contributed by atoms with Crippen LogP contribution in [0, 0.1) is 0 Å². The van der Waals surface area contributed by atoms with Crippen molar-refractivity contribution < 1.29 is 18.9 Å². The zero-order valence-electron chi connectivity index (χ0n) is 16.3. The lowest BCUT2D eigenvalue weighted by molar-refractivity contribution is 0.348. The second-order valence-corrected chi connectivity index (χ2v) is 6.80. The molecule has 2 aliphatic heterocycles. The normalized spacial score (nSPS) is 15.1. The number of ether oxygens (including phenoxy) is 4. The molecule has 3 aromatic carbocycles. The summed E-state index contributed by atoms with van der Waals surface area (Å²) >= 11 is 0. The number of nitrogens with zero attached hydrogens (tertiary/aromatic N) is 2. The van der Waals surface area contributed by atoms with Crippen molar-refractivity contribution in [2.45, 2.75) is 0 Å². The van der Waals surface area contributed by atoms with Gasteiger partial charge in [0.25, 0.3) is 0 Å². The largest absolute Gasteiger partial charge is 0.476 e.